The molecule has 0 spiro atoms. The summed E-state index contributed by atoms with van der Waals surface area (Å²) in [4.78, 5) is 4.99. The third-order valence-electron chi connectivity index (χ3n) is 5.99. The minimum atomic E-state index is 0.865. The van der Waals surface area contributed by atoms with Crippen LogP contribution in [-0.2, 0) is 13.1 Å². The lowest BCUT2D eigenvalue weighted by molar-refractivity contribution is 0.233. The van der Waals surface area contributed by atoms with Crippen LogP contribution in [0.4, 0.5) is 0 Å². The van der Waals surface area contributed by atoms with E-state index in [2.05, 4.69) is 58.8 Å². The first kappa shape index (κ1) is 19.8. The van der Waals surface area contributed by atoms with E-state index in [-0.39, 0.29) is 0 Å². The van der Waals surface area contributed by atoms with Crippen molar-refractivity contribution >= 4 is 0 Å². The summed E-state index contributed by atoms with van der Waals surface area (Å²) in [7, 11) is 4.53. The van der Waals surface area contributed by atoms with E-state index < -0.39 is 0 Å². The first-order valence-electron chi connectivity index (χ1n) is 10.6. The minimum absolute atomic E-state index is 0.865. The zero-order valence-corrected chi connectivity index (χ0v) is 16.8. The molecule has 4 heteroatoms. The van der Waals surface area contributed by atoms with Crippen molar-refractivity contribution in [2.75, 3.05) is 53.4 Å². The van der Waals surface area contributed by atoms with E-state index in [1.165, 1.54) is 76.1 Å². The number of nitrogens with one attached hydrogen (secondary N) is 2. The van der Waals surface area contributed by atoms with E-state index in [4.69, 9.17) is 0 Å². The molecule has 2 N–H and O–H groups in total. The maximum atomic E-state index is 3.46. The highest BCUT2D eigenvalue weighted by Crippen LogP contribution is 2.16. The van der Waals surface area contributed by atoms with Gasteiger partial charge in [0.2, 0.25) is 0 Å². The second-order valence-corrected chi connectivity index (χ2v) is 8.60. The van der Waals surface area contributed by atoms with Gasteiger partial charge in [0, 0.05) is 26.2 Å². The van der Waals surface area contributed by atoms with Crippen molar-refractivity contribution in [1.82, 2.24) is 20.4 Å². The zero-order valence-electron chi connectivity index (χ0n) is 16.8. The summed E-state index contributed by atoms with van der Waals surface area (Å²) in [6.07, 6.45) is 5.30. The van der Waals surface area contributed by atoms with E-state index in [0.29, 0.717) is 0 Å². The fraction of sp³-hybridized carbons (Fsp3) is 0.727. The van der Waals surface area contributed by atoms with Crippen molar-refractivity contribution in [3.05, 3.63) is 35.4 Å². The Bertz CT molecular complexity index is 456. The van der Waals surface area contributed by atoms with Crippen molar-refractivity contribution in [2.24, 2.45) is 11.8 Å². The molecule has 0 unspecified atom stereocenters. The van der Waals surface area contributed by atoms with E-state index in [0.717, 1.165) is 24.9 Å². The molecule has 1 aromatic rings. The summed E-state index contributed by atoms with van der Waals surface area (Å²) in [5.41, 5.74) is 2.87. The average molecular weight is 359 g/mol. The summed E-state index contributed by atoms with van der Waals surface area (Å²) >= 11 is 0. The van der Waals surface area contributed by atoms with Gasteiger partial charge in [-0.1, -0.05) is 24.3 Å². The number of benzene rings is 1. The Morgan fingerprint density at radius 1 is 0.692 bits per heavy atom. The molecule has 0 bridgehead atoms. The maximum absolute atomic E-state index is 3.46. The molecular weight excluding hydrogens is 320 g/mol. The summed E-state index contributed by atoms with van der Waals surface area (Å²) in [5.74, 6) is 1.73. The molecule has 2 aliphatic heterocycles. The number of nitrogens with zero attached hydrogens (tertiary/aromatic N) is 2. The maximum Gasteiger partial charge on any atom is 0.0230 e. The largest absolute Gasteiger partial charge is 0.317 e. The van der Waals surface area contributed by atoms with Crippen molar-refractivity contribution in [3.63, 3.8) is 0 Å². The molecule has 4 nitrogen and oxygen atoms in total. The molecule has 146 valence electrons. The Balaban J connectivity index is 1.40. The molecule has 0 amide bonds. The highest BCUT2D eigenvalue weighted by atomic mass is 15.1. The predicted molar refractivity (Wildman–Crippen MR) is 110 cm³/mol. The van der Waals surface area contributed by atoms with Gasteiger partial charge in [0.05, 0.1) is 0 Å². The Morgan fingerprint density at radius 2 is 1.04 bits per heavy atom. The Hall–Kier alpha value is -0.940. The number of hydrogen-bond donors (Lipinski definition) is 2. The van der Waals surface area contributed by atoms with Crippen LogP contribution in [0.3, 0.4) is 0 Å². The number of hydrogen-bond acceptors (Lipinski definition) is 4. The van der Waals surface area contributed by atoms with E-state index in [1.54, 1.807) is 0 Å². The molecule has 26 heavy (non-hydrogen) atoms. The summed E-state index contributed by atoms with van der Waals surface area (Å²) in [5, 5.41) is 6.92. The van der Waals surface area contributed by atoms with Crippen LogP contribution in [-0.4, -0.2) is 63.2 Å². The Kier molecular flexibility index (Phi) is 7.93. The molecule has 0 radical (unpaired) electrons. The van der Waals surface area contributed by atoms with Gasteiger partial charge in [-0.05, 0) is 88.9 Å². The molecule has 0 saturated carbocycles. The fourth-order valence-corrected chi connectivity index (χ4v) is 4.51. The van der Waals surface area contributed by atoms with Gasteiger partial charge in [-0.2, -0.15) is 0 Å². The minimum Gasteiger partial charge on any atom is -0.317 e. The van der Waals surface area contributed by atoms with E-state index in [9.17, 15) is 0 Å². The van der Waals surface area contributed by atoms with Gasteiger partial charge in [0.25, 0.3) is 0 Å². The molecule has 2 aliphatic rings. The predicted octanol–water partition coefficient (Wildman–Crippen LogP) is 2.55. The normalized spacial score (nSPS) is 20.2. The fourth-order valence-electron chi connectivity index (χ4n) is 4.51. The van der Waals surface area contributed by atoms with Gasteiger partial charge >= 0.3 is 0 Å². The van der Waals surface area contributed by atoms with E-state index >= 15 is 0 Å². The summed E-state index contributed by atoms with van der Waals surface area (Å²) in [6.45, 7) is 9.35. The third-order valence-corrected chi connectivity index (χ3v) is 5.99. The molecule has 3 rings (SSSR count). The molecule has 2 fully saturated rings. The molecule has 0 aliphatic carbocycles. The van der Waals surface area contributed by atoms with Crippen LogP contribution >= 0.6 is 0 Å². The lowest BCUT2D eigenvalue weighted by Crippen LogP contribution is -2.34. The van der Waals surface area contributed by atoms with Crippen molar-refractivity contribution in [2.45, 2.75) is 38.8 Å². The Morgan fingerprint density at radius 3 is 1.38 bits per heavy atom. The quantitative estimate of drug-likeness (QED) is 0.748. The van der Waals surface area contributed by atoms with Crippen LogP contribution in [0.15, 0.2) is 24.3 Å². The van der Waals surface area contributed by atoms with Gasteiger partial charge in [-0.15, -0.1) is 0 Å². The van der Waals surface area contributed by atoms with Crippen molar-refractivity contribution in [1.29, 1.82) is 0 Å². The molecule has 2 saturated heterocycles. The monoisotopic (exact) mass is 358 g/mol. The molecular formula is C22H38N4. The standard InChI is InChI=1S/C22H38N4/c1-25(17-21-7-11-23-12-8-21)15-19-3-5-20(6-4-19)16-26(2)18-22-9-13-24-14-10-22/h3-6,21-24H,7-18H2,1-2H3. The SMILES string of the molecule is CN(Cc1ccc(CN(C)CC2CCNCC2)cc1)CC1CCNCC1. The third kappa shape index (κ3) is 6.66. The topological polar surface area (TPSA) is 30.5 Å². The first-order chi connectivity index (χ1) is 12.7. The van der Waals surface area contributed by atoms with Gasteiger partial charge in [0.15, 0.2) is 0 Å². The van der Waals surface area contributed by atoms with Gasteiger partial charge < -0.3 is 20.4 Å². The summed E-state index contributed by atoms with van der Waals surface area (Å²) in [6, 6.07) is 9.30. The molecule has 0 aromatic heterocycles. The van der Waals surface area contributed by atoms with Crippen molar-refractivity contribution < 1.29 is 0 Å². The van der Waals surface area contributed by atoms with Crippen molar-refractivity contribution in [3.8, 4) is 0 Å². The second kappa shape index (κ2) is 10.4. The van der Waals surface area contributed by atoms with Crippen LogP contribution in [0.5, 0.6) is 0 Å². The highest BCUT2D eigenvalue weighted by Gasteiger charge is 2.16. The van der Waals surface area contributed by atoms with Gasteiger partial charge in [-0.3, -0.25) is 0 Å². The van der Waals surface area contributed by atoms with Gasteiger partial charge in [-0.25, -0.2) is 0 Å². The van der Waals surface area contributed by atoms with Crippen LogP contribution in [0.1, 0.15) is 36.8 Å². The average Bonchev–Trinajstić information content (AvgIpc) is 2.65. The Labute approximate surface area is 160 Å². The van der Waals surface area contributed by atoms with Crippen LogP contribution in [0, 0.1) is 11.8 Å². The van der Waals surface area contributed by atoms with E-state index in [1.807, 2.05) is 0 Å². The molecule has 0 atom stereocenters. The van der Waals surface area contributed by atoms with Crippen LogP contribution in [0.25, 0.3) is 0 Å². The van der Waals surface area contributed by atoms with Crippen LogP contribution < -0.4 is 10.6 Å². The first-order valence-corrected chi connectivity index (χ1v) is 10.6. The highest BCUT2D eigenvalue weighted by molar-refractivity contribution is 5.22. The molecule has 1 aromatic carbocycles. The smallest absolute Gasteiger partial charge is 0.0230 e. The summed E-state index contributed by atoms with van der Waals surface area (Å²) < 4.78 is 0. The second-order valence-electron chi connectivity index (χ2n) is 8.60. The lowest BCUT2D eigenvalue weighted by Gasteiger charge is -2.28. The molecule has 2 heterocycles. The van der Waals surface area contributed by atoms with Crippen LogP contribution in [0.2, 0.25) is 0 Å². The van der Waals surface area contributed by atoms with Gasteiger partial charge in [0.1, 0.15) is 0 Å². The zero-order chi connectivity index (χ0) is 18.2. The number of rotatable bonds is 8. The number of piperidine rings is 2. The lowest BCUT2D eigenvalue weighted by atomic mass is 9.97.